The van der Waals surface area contributed by atoms with Crippen LogP contribution in [0.15, 0.2) is 18.2 Å². The minimum Gasteiger partial charge on any atom is -0.398 e. The van der Waals surface area contributed by atoms with Gasteiger partial charge in [-0.05, 0) is 30.5 Å². The van der Waals surface area contributed by atoms with E-state index in [4.69, 9.17) is 5.73 Å². The Morgan fingerprint density at radius 1 is 1.25 bits per heavy atom. The van der Waals surface area contributed by atoms with Gasteiger partial charge >= 0.3 is 0 Å². The summed E-state index contributed by atoms with van der Waals surface area (Å²) in [6, 6.07) is 5.57. The third kappa shape index (κ3) is 3.51. The highest BCUT2D eigenvalue weighted by atomic mass is 16.2. The molecule has 1 aromatic carbocycles. The Labute approximate surface area is 121 Å². The Morgan fingerprint density at radius 3 is 2.45 bits per heavy atom. The number of rotatable bonds is 3. The molecule has 1 saturated heterocycles. The Bertz CT molecular complexity index is 477. The molecule has 1 fully saturated rings. The molecule has 2 N–H and O–H groups in total. The molecule has 1 amide bonds. The number of anilines is 1. The van der Waals surface area contributed by atoms with E-state index in [9.17, 15) is 4.79 Å². The van der Waals surface area contributed by atoms with Crippen LogP contribution in [-0.2, 0) is 0 Å². The summed E-state index contributed by atoms with van der Waals surface area (Å²) in [6.07, 6.45) is 0. The molecule has 110 valence electrons. The molecule has 0 radical (unpaired) electrons. The molecule has 0 atom stereocenters. The molecule has 1 aliphatic rings. The van der Waals surface area contributed by atoms with E-state index in [2.05, 4.69) is 18.7 Å². The zero-order chi connectivity index (χ0) is 14.7. The van der Waals surface area contributed by atoms with Crippen molar-refractivity contribution < 1.29 is 4.79 Å². The van der Waals surface area contributed by atoms with Crippen LogP contribution < -0.4 is 5.73 Å². The van der Waals surface area contributed by atoms with Gasteiger partial charge in [-0.3, -0.25) is 9.69 Å². The second kappa shape index (κ2) is 6.27. The number of nitrogens with zero attached hydrogens (tertiary/aromatic N) is 2. The van der Waals surface area contributed by atoms with E-state index >= 15 is 0 Å². The van der Waals surface area contributed by atoms with Crippen molar-refractivity contribution in [3.63, 3.8) is 0 Å². The first kappa shape index (κ1) is 14.9. The molecule has 2 rings (SSSR count). The maximum absolute atomic E-state index is 12.4. The summed E-state index contributed by atoms with van der Waals surface area (Å²) in [7, 11) is 0. The summed E-state index contributed by atoms with van der Waals surface area (Å²) in [6.45, 7) is 11.1. The van der Waals surface area contributed by atoms with Crippen LogP contribution >= 0.6 is 0 Å². The van der Waals surface area contributed by atoms with Crippen LogP contribution in [0.3, 0.4) is 0 Å². The van der Waals surface area contributed by atoms with E-state index in [-0.39, 0.29) is 5.91 Å². The molecule has 0 aliphatic carbocycles. The first-order valence-corrected chi connectivity index (χ1v) is 7.35. The number of piperazine rings is 1. The van der Waals surface area contributed by atoms with E-state index in [1.807, 2.05) is 24.0 Å². The largest absolute Gasteiger partial charge is 0.398 e. The van der Waals surface area contributed by atoms with Gasteiger partial charge in [0.2, 0.25) is 0 Å². The van der Waals surface area contributed by atoms with Crippen molar-refractivity contribution in [2.45, 2.75) is 20.8 Å². The molecule has 4 nitrogen and oxygen atoms in total. The van der Waals surface area contributed by atoms with Gasteiger partial charge in [-0.25, -0.2) is 0 Å². The van der Waals surface area contributed by atoms with E-state index in [0.29, 0.717) is 17.2 Å². The van der Waals surface area contributed by atoms with E-state index in [0.717, 1.165) is 38.3 Å². The number of hydrogen-bond acceptors (Lipinski definition) is 3. The summed E-state index contributed by atoms with van der Waals surface area (Å²) >= 11 is 0. The summed E-state index contributed by atoms with van der Waals surface area (Å²) in [4.78, 5) is 16.8. The molecule has 0 bridgehead atoms. The SMILES string of the molecule is Cc1ccc(C(=O)N2CCN(CC(C)C)CC2)cc1N. The highest BCUT2D eigenvalue weighted by Gasteiger charge is 2.22. The minimum atomic E-state index is 0.0981. The Hall–Kier alpha value is -1.55. The molecule has 0 spiro atoms. The molecule has 0 saturated carbocycles. The maximum Gasteiger partial charge on any atom is 0.254 e. The Balaban J connectivity index is 1.96. The van der Waals surface area contributed by atoms with E-state index in [1.165, 1.54) is 0 Å². The fourth-order valence-corrected chi connectivity index (χ4v) is 2.61. The molecule has 1 heterocycles. The van der Waals surface area contributed by atoms with Crippen LogP contribution in [0.25, 0.3) is 0 Å². The van der Waals surface area contributed by atoms with E-state index in [1.54, 1.807) is 6.07 Å². The van der Waals surface area contributed by atoms with Crippen molar-refractivity contribution in [3.8, 4) is 0 Å². The van der Waals surface area contributed by atoms with Crippen LogP contribution in [-0.4, -0.2) is 48.4 Å². The number of carbonyl (C=O) groups excluding carboxylic acids is 1. The average Bonchev–Trinajstić information content (AvgIpc) is 2.41. The summed E-state index contributed by atoms with van der Waals surface area (Å²) < 4.78 is 0. The van der Waals surface area contributed by atoms with Crippen LogP contribution in [0.5, 0.6) is 0 Å². The van der Waals surface area contributed by atoms with Crippen LogP contribution in [0.1, 0.15) is 29.8 Å². The van der Waals surface area contributed by atoms with E-state index < -0.39 is 0 Å². The van der Waals surface area contributed by atoms with Gasteiger partial charge in [0.05, 0.1) is 0 Å². The predicted molar refractivity (Wildman–Crippen MR) is 82.8 cm³/mol. The molecule has 0 unspecified atom stereocenters. The lowest BCUT2D eigenvalue weighted by molar-refractivity contribution is 0.0624. The topological polar surface area (TPSA) is 49.6 Å². The number of benzene rings is 1. The molecular formula is C16H25N3O. The highest BCUT2D eigenvalue weighted by Crippen LogP contribution is 2.16. The van der Waals surface area contributed by atoms with Gasteiger partial charge in [0.25, 0.3) is 5.91 Å². The van der Waals surface area contributed by atoms with Crippen LogP contribution in [0.4, 0.5) is 5.69 Å². The molecular weight excluding hydrogens is 250 g/mol. The lowest BCUT2D eigenvalue weighted by Gasteiger charge is -2.35. The molecule has 1 aliphatic heterocycles. The average molecular weight is 275 g/mol. The summed E-state index contributed by atoms with van der Waals surface area (Å²) in [5.74, 6) is 0.773. The maximum atomic E-state index is 12.4. The van der Waals surface area contributed by atoms with Gasteiger partial charge < -0.3 is 10.6 Å². The zero-order valence-electron chi connectivity index (χ0n) is 12.7. The van der Waals surface area contributed by atoms with Gasteiger partial charge in [-0.1, -0.05) is 19.9 Å². The smallest absolute Gasteiger partial charge is 0.254 e. The summed E-state index contributed by atoms with van der Waals surface area (Å²) in [5.41, 5.74) is 8.29. The summed E-state index contributed by atoms with van der Waals surface area (Å²) in [5, 5.41) is 0. The second-order valence-electron chi connectivity index (χ2n) is 6.06. The van der Waals surface area contributed by atoms with Crippen LogP contribution in [0.2, 0.25) is 0 Å². The van der Waals surface area contributed by atoms with Crippen molar-refractivity contribution in [2.24, 2.45) is 5.92 Å². The first-order valence-electron chi connectivity index (χ1n) is 7.35. The Kier molecular flexibility index (Phi) is 4.65. The highest BCUT2D eigenvalue weighted by molar-refractivity contribution is 5.95. The lowest BCUT2D eigenvalue weighted by Crippen LogP contribution is -2.49. The lowest BCUT2D eigenvalue weighted by atomic mass is 10.1. The fraction of sp³-hybridized carbons (Fsp3) is 0.562. The van der Waals surface area contributed by atoms with Crippen molar-refractivity contribution in [1.82, 2.24) is 9.80 Å². The molecule has 4 heteroatoms. The normalized spacial score (nSPS) is 16.7. The number of nitrogens with two attached hydrogens (primary N) is 1. The second-order valence-corrected chi connectivity index (χ2v) is 6.06. The molecule has 0 aromatic heterocycles. The van der Waals surface area contributed by atoms with Gasteiger partial charge in [-0.2, -0.15) is 0 Å². The Morgan fingerprint density at radius 2 is 1.90 bits per heavy atom. The monoisotopic (exact) mass is 275 g/mol. The van der Waals surface area contributed by atoms with Gasteiger partial charge in [0.1, 0.15) is 0 Å². The number of amides is 1. The standard InChI is InChI=1S/C16H25N3O/c1-12(2)11-18-6-8-19(9-7-18)16(20)14-5-4-13(3)15(17)10-14/h4-5,10,12H,6-9,11,17H2,1-3H3. The number of carbonyl (C=O) groups is 1. The van der Waals surface area contributed by atoms with Crippen molar-refractivity contribution >= 4 is 11.6 Å². The fourth-order valence-electron chi connectivity index (χ4n) is 2.61. The zero-order valence-corrected chi connectivity index (χ0v) is 12.7. The molecule has 1 aromatic rings. The third-order valence-electron chi connectivity index (χ3n) is 3.81. The molecule has 20 heavy (non-hydrogen) atoms. The quantitative estimate of drug-likeness (QED) is 0.858. The van der Waals surface area contributed by atoms with Crippen molar-refractivity contribution in [3.05, 3.63) is 29.3 Å². The van der Waals surface area contributed by atoms with Crippen molar-refractivity contribution in [1.29, 1.82) is 0 Å². The van der Waals surface area contributed by atoms with Crippen molar-refractivity contribution in [2.75, 3.05) is 38.5 Å². The first-order chi connectivity index (χ1) is 9.47. The van der Waals surface area contributed by atoms with Crippen LogP contribution in [0, 0.1) is 12.8 Å². The third-order valence-corrected chi connectivity index (χ3v) is 3.81. The predicted octanol–water partition coefficient (Wildman–Crippen LogP) is 1.99. The van der Waals surface area contributed by atoms with Gasteiger partial charge in [0, 0.05) is 44.0 Å². The number of aryl methyl sites for hydroxylation is 1. The van der Waals surface area contributed by atoms with Gasteiger partial charge in [0.15, 0.2) is 0 Å². The number of nitrogen functional groups attached to an aromatic ring is 1. The number of hydrogen-bond donors (Lipinski definition) is 1. The van der Waals surface area contributed by atoms with Gasteiger partial charge in [-0.15, -0.1) is 0 Å². The minimum absolute atomic E-state index is 0.0981.